The largest absolute Gasteiger partial charge is 0.459 e. The molecule has 2 aliphatic carbocycles. The molecule has 0 spiro atoms. The number of aliphatic hydroxyl groups excluding tert-OH is 1. The van der Waals surface area contributed by atoms with E-state index in [-0.39, 0.29) is 11.1 Å². The van der Waals surface area contributed by atoms with Crippen molar-refractivity contribution < 1.29 is 49.0 Å². The molecule has 0 aromatic heterocycles. The lowest BCUT2D eigenvalue weighted by Crippen LogP contribution is -2.64. The van der Waals surface area contributed by atoms with E-state index in [9.17, 15) is 34.8 Å². The molecule has 2 fully saturated rings. The van der Waals surface area contributed by atoms with Gasteiger partial charge in [0.25, 0.3) is 0 Å². The molecule has 9 atom stereocenters. The molecule has 10 heteroatoms. The SMILES string of the molecule is CC=C(C)C(=O)OC1C(C)=C2C(C1O)C(C)(O)CC(OC(=O)C(C)CC)C1(O)C2OC(=O)C1(C)O. The molecular weight excluding hydrogens is 460 g/mol. The van der Waals surface area contributed by atoms with Crippen LogP contribution < -0.4 is 0 Å². The maximum absolute atomic E-state index is 12.7. The monoisotopic (exact) mass is 496 g/mol. The van der Waals surface area contributed by atoms with E-state index in [4.69, 9.17) is 14.2 Å². The normalized spacial score (nSPS) is 42.1. The van der Waals surface area contributed by atoms with E-state index >= 15 is 0 Å². The summed E-state index contributed by atoms with van der Waals surface area (Å²) in [6, 6.07) is 0. The Morgan fingerprint density at radius 2 is 1.83 bits per heavy atom. The van der Waals surface area contributed by atoms with Crippen molar-refractivity contribution in [1.82, 2.24) is 0 Å². The van der Waals surface area contributed by atoms with Crippen LogP contribution in [0.2, 0.25) is 0 Å². The third-order valence-electron chi connectivity index (χ3n) is 7.97. The molecule has 10 nitrogen and oxygen atoms in total. The van der Waals surface area contributed by atoms with Crippen LogP contribution in [0.4, 0.5) is 0 Å². The standard InChI is InChI=1S/C25H36O10/c1-8-11(3)20(27)33-14-10-23(6,30)16-15(19-25(14,32)24(7,31)22(29)35-19)13(5)18(17(16)26)34-21(28)12(4)9-2/h9,11,14,16-19,26,30-32H,8,10H2,1-7H3. The van der Waals surface area contributed by atoms with Gasteiger partial charge in [-0.05, 0) is 52.2 Å². The Kier molecular flexibility index (Phi) is 7.02. The molecule has 35 heavy (non-hydrogen) atoms. The van der Waals surface area contributed by atoms with Gasteiger partial charge in [-0.3, -0.25) is 4.79 Å². The Balaban J connectivity index is 2.17. The zero-order valence-electron chi connectivity index (χ0n) is 21.2. The Morgan fingerprint density at radius 1 is 1.23 bits per heavy atom. The van der Waals surface area contributed by atoms with Crippen LogP contribution in [0, 0.1) is 11.8 Å². The first-order valence-corrected chi connectivity index (χ1v) is 11.9. The summed E-state index contributed by atoms with van der Waals surface area (Å²) < 4.78 is 16.6. The molecule has 3 rings (SSSR count). The number of carbonyl (C=O) groups excluding carboxylic acids is 3. The zero-order valence-corrected chi connectivity index (χ0v) is 21.2. The predicted octanol–water partition coefficient (Wildman–Crippen LogP) is 0.692. The number of fused-ring (bicyclic) bond motifs is 3. The molecule has 9 unspecified atom stereocenters. The summed E-state index contributed by atoms with van der Waals surface area (Å²) in [4.78, 5) is 37.8. The van der Waals surface area contributed by atoms with Crippen LogP contribution in [0.5, 0.6) is 0 Å². The summed E-state index contributed by atoms with van der Waals surface area (Å²) in [5.41, 5.74) is -6.11. The number of esters is 3. The van der Waals surface area contributed by atoms with Gasteiger partial charge in [0, 0.05) is 17.9 Å². The molecule has 0 aromatic rings. The van der Waals surface area contributed by atoms with E-state index in [1.54, 1.807) is 33.8 Å². The van der Waals surface area contributed by atoms with Crippen molar-refractivity contribution in [2.24, 2.45) is 11.8 Å². The van der Waals surface area contributed by atoms with Crippen molar-refractivity contribution in [3.63, 3.8) is 0 Å². The summed E-state index contributed by atoms with van der Waals surface area (Å²) in [5.74, 6) is -4.20. The van der Waals surface area contributed by atoms with Crippen LogP contribution in [-0.4, -0.2) is 79.6 Å². The lowest BCUT2D eigenvalue weighted by Gasteiger charge is -2.40. The Morgan fingerprint density at radius 3 is 2.37 bits per heavy atom. The molecule has 4 N–H and O–H groups in total. The van der Waals surface area contributed by atoms with Crippen LogP contribution in [0.3, 0.4) is 0 Å². The van der Waals surface area contributed by atoms with E-state index in [0.29, 0.717) is 12.0 Å². The number of rotatable bonds is 5. The second-order valence-electron chi connectivity index (χ2n) is 10.4. The molecule has 196 valence electrons. The average Bonchev–Trinajstić information content (AvgIpc) is 3.11. The van der Waals surface area contributed by atoms with Crippen molar-refractivity contribution in [1.29, 1.82) is 0 Å². The van der Waals surface area contributed by atoms with Gasteiger partial charge in [0.2, 0.25) is 0 Å². The topological polar surface area (TPSA) is 160 Å². The third kappa shape index (κ3) is 4.00. The fourth-order valence-electron chi connectivity index (χ4n) is 5.31. The molecule has 0 amide bonds. The van der Waals surface area contributed by atoms with Gasteiger partial charge in [0.15, 0.2) is 17.3 Å². The van der Waals surface area contributed by atoms with Crippen molar-refractivity contribution in [2.45, 2.75) is 103 Å². The van der Waals surface area contributed by atoms with Gasteiger partial charge in [-0.2, -0.15) is 0 Å². The predicted molar refractivity (Wildman–Crippen MR) is 122 cm³/mol. The Labute approximate surface area is 204 Å². The van der Waals surface area contributed by atoms with Crippen molar-refractivity contribution in [3.05, 3.63) is 22.8 Å². The van der Waals surface area contributed by atoms with Gasteiger partial charge < -0.3 is 34.6 Å². The smallest absolute Gasteiger partial charge is 0.341 e. The summed E-state index contributed by atoms with van der Waals surface area (Å²) in [5, 5.41) is 45.8. The van der Waals surface area contributed by atoms with Gasteiger partial charge in [-0.25, -0.2) is 9.59 Å². The minimum Gasteiger partial charge on any atom is -0.459 e. The van der Waals surface area contributed by atoms with Gasteiger partial charge >= 0.3 is 17.9 Å². The first kappa shape index (κ1) is 27.3. The fourth-order valence-corrected chi connectivity index (χ4v) is 5.31. The van der Waals surface area contributed by atoms with Crippen molar-refractivity contribution in [3.8, 4) is 0 Å². The Bertz CT molecular complexity index is 977. The first-order valence-electron chi connectivity index (χ1n) is 11.9. The summed E-state index contributed by atoms with van der Waals surface area (Å²) in [7, 11) is 0. The summed E-state index contributed by atoms with van der Waals surface area (Å²) in [6.07, 6.45) is -4.20. The van der Waals surface area contributed by atoms with E-state index in [0.717, 1.165) is 6.92 Å². The van der Waals surface area contributed by atoms with E-state index < -0.39 is 77.4 Å². The maximum atomic E-state index is 12.7. The van der Waals surface area contributed by atoms with Gasteiger partial charge in [-0.1, -0.05) is 19.9 Å². The fraction of sp³-hybridized carbons (Fsp3) is 0.720. The lowest BCUT2D eigenvalue weighted by atomic mass is 9.75. The average molecular weight is 497 g/mol. The molecule has 1 aliphatic heterocycles. The second-order valence-corrected chi connectivity index (χ2v) is 10.4. The van der Waals surface area contributed by atoms with Gasteiger partial charge in [0.1, 0.15) is 18.3 Å². The maximum Gasteiger partial charge on any atom is 0.341 e. The highest BCUT2D eigenvalue weighted by molar-refractivity contribution is 5.88. The number of carbonyl (C=O) groups is 3. The molecule has 0 radical (unpaired) electrons. The van der Waals surface area contributed by atoms with Crippen molar-refractivity contribution in [2.75, 3.05) is 0 Å². The van der Waals surface area contributed by atoms with Crippen LogP contribution in [0.1, 0.15) is 61.3 Å². The van der Waals surface area contributed by atoms with Crippen molar-refractivity contribution >= 4 is 17.9 Å². The second kappa shape index (κ2) is 8.99. The summed E-state index contributed by atoms with van der Waals surface area (Å²) >= 11 is 0. The van der Waals surface area contributed by atoms with E-state index in [1.807, 2.05) is 0 Å². The van der Waals surface area contributed by atoms with Crippen LogP contribution in [0.15, 0.2) is 22.8 Å². The van der Waals surface area contributed by atoms with Gasteiger partial charge in [0.05, 0.1) is 11.5 Å². The molecular formula is C25H36O10. The highest BCUT2D eigenvalue weighted by atomic mass is 16.6. The number of hydrogen-bond donors (Lipinski definition) is 4. The van der Waals surface area contributed by atoms with Crippen LogP contribution in [-0.2, 0) is 28.6 Å². The number of allylic oxidation sites excluding steroid dienone is 1. The number of aliphatic hydroxyl groups is 4. The van der Waals surface area contributed by atoms with Crippen LogP contribution in [0.25, 0.3) is 0 Å². The van der Waals surface area contributed by atoms with Gasteiger partial charge in [-0.15, -0.1) is 0 Å². The Hall–Kier alpha value is -2.27. The highest BCUT2D eigenvalue weighted by Gasteiger charge is 2.75. The molecule has 1 saturated heterocycles. The van der Waals surface area contributed by atoms with Crippen LogP contribution >= 0.6 is 0 Å². The molecule has 0 aromatic carbocycles. The summed E-state index contributed by atoms with van der Waals surface area (Å²) in [6.45, 7) is 10.6. The van der Waals surface area contributed by atoms with E-state index in [2.05, 4.69) is 0 Å². The zero-order chi connectivity index (χ0) is 26.7. The minimum atomic E-state index is -2.50. The molecule has 3 aliphatic rings. The number of ether oxygens (including phenoxy) is 3. The quantitative estimate of drug-likeness (QED) is 0.185. The van der Waals surface area contributed by atoms with E-state index in [1.165, 1.54) is 13.8 Å². The molecule has 1 saturated carbocycles. The molecule has 1 heterocycles. The highest BCUT2D eigenvalue weighted by Crippen LogP contribution is 2.56. The lowest BCUT2D eigenvalue weighted by molar-refractivity contribution is -0.210. The third-order valence-corrected chi connectivity index (χ3v) is 7.97. The molecule has 0 bridgehead atoms. The number of hydrogen-bond acceptors (Lipinski definition) is 10. The minimum absolute atomic E-state index is 0.120. The first-order chi connectivity index (χ1) is 16.1.